The predicted molar refractivity (Wildman–Crippen MR) is 130 cm³/mol. The molecule has 0 spiro atoms. The number of benzene rings is 2. The molecule has 1 atom stereocenters. The molecule has 1 unspecified atom stereocenters. The molecule has 8 heteroatoms. The van der Waals surface area contributed by atoms with E-state index in [2.05, 4.69) is 10.2 Å². The first kappa shape index (κ1) is 24.0. The van der Waals surface area contributed by atoms with E-state index in [0.717, 1.165) is 37.2 Å². The van der Waals surface area contributed by atoms with E-state index in [9.17, 15) is 13.2 Å². The molecule has 4 rings (SSSR count). The van der Waals surface area contributed by atoms with Gasteiger partial charge in [-0.1, -0.05) is 36.8 Å². The first-order chi connectivity index (χ1) is 16.5. The zero-order chi connectivity index (χ0) is 24.0. The van der Waals surface area contributed by atoms with Gasteiger partial charge in [0.1, 0.15) is 17.3 Å². The van der Waals surface area contributed by atoms with Crippen LogP contribution in [0.3, 0.4) is 0 Å². The molecule has 0 aliphatic carbocycles. The third-order valence-corrected chi connectivity index (χ3v) is 7.76. The van der Waals surface area contributed by atoms with E-state index in [1.165, 1.54) is 12.5 Å². The van der Waals surface area contributed by atoms with Gasteiger partial charge in [0.05, 0.1) is 18.0 Å². The van der Waals surface area contributed by atoms with E-state index in [-0.39, 0.29) is 34.1 Å². The standard InChI is InChI=1S/C26H30N2O5S/c1-32-21-12-10-20(11-13-21)24(28-16-6-3-7-17-28)18-27-26(29)25-15-14-22(33-25)19-34(30,31)23-8-4-2-5-9-23/h2,4-5,8-15,24H,3,6-7,16-19H2,1H3,(H,27,29). The Morgan fingerprint density at radius 3 is 2.38 bits per heavy atom. The molecule has 7 nitrogen and oxygen atoms in total. The zero-order valence-corrected chi connectivity index (χ0v) is 20.1. The molecule has 2 aromatic carbocycles. The Labute approximate surface area is 200 Å². The van der Waals surface area contributed by atoms with Gasteiger partial charge in [0.2, 0.25) is 0 Å². The average molecular weight is 483 g/mol. The summed E-state index contributed by atoms with van der Waals surface area (Å²) in [6.07, 6.45) is 3.50. The van der Waals surface area contributed by atoms with Gasteiger partial charge in [-0.15, -0.1) is 0 Å². The second-order valence-electron chi connectivity index (χ2n) is 8.43. The van der Waals surface area contributed by atoms with Gasteiger partial charge in [0, 0.05) is 6.54 Å². The molecule has 1 aliphatic heterocycles. The number of rotatable bonds is 9. The zero-order valence-electron chi connectivity index (χ0n) is 19.3. The summed E-state index contributed by atoms with van der Waals surface area (Å²) in [7, 11) is -1.91. The lowest BCUT2D eigenvalue weighted by atomic mass is 10.0. The highest BCUT2D eigenvalue weighted by atomic mass is 32.2. The lowest BCUT2D eigenvalue weighted by molar-refractivity contribution is 0.0895. The van der Waals surface area contributed by atoms with Crippen molar-refractivity contribution in [3.8, 4) is 5.75 Å². The van der Waals surface area contributed by atoms with Gasteiger partial charge in [-0.05, 0) is 67.9 Å². The minimum absolute atomic E-state index is 0.0306. The number of nitrogens with one attached hydrogen (secondary N) is 1. The minimum atomic E-state index is -3.55. The largest absolute Gasteiger partial charge is 0.497 e. The molecule has 1 fully saturated rings. The van der Waals surface area contributed by atoms with Crippen LogP contribution < -0.4 is 10.1 Å². The quantitative estimate of drug-likeness (QED) is 0.491. The Hall–Kier alpha value is -3.10. The number of amides is 1. The van der Waals surface area contributed by atoms with Crippen LogP contribution in [0, 0.1) is 0 Å². The lowest BCUT2D eigenvalue weighted by Crippen LogP contribution is -2.40. The third kappa shape index (κ3) is 5.87. The minimum Gasteiger partial charge on any atom is -0.497 e. The summed E-state index contributed by atoms with van der Waals surface area (Å²) in [5.41, 5.74) is 1.11. The highest BCUT2D eigenvalue weighted by Gasteiger charge is 2.24. The number of ether oxygens (including phenoxy) is 1. The second-order valence-corrected chi connectivity index (χ2v) is 10.4. The van der Waals surface area contributed by atoms with E-state index in [1.807, 2.05) is 24.3 Å². The summed E-state index contributed by atoms with van der Waals surface area (Å²) in [6, 6.07) is 19.2. The van der Waals surface area contributed by atoms with Gasteiger partial charge in [-0.2, -0.15) is 0 Å². The third-order valence-electron chi connectivity index (χ3n) is 6.11. The number of furan rings is 1. The summed E-state index contributed by atoms with van der Waals surface area (Å²) in [4.78, 5) is 15.4. The number of hydrogen-bond acceptors (Lipinski definition) is 6. The summed E-state index contributed by atoms with van der Waals surface area (Å²) in [5, 5.41) is 2.98. The van der Waals surface area contributed by atoms with Crippen molar-refractivity contribution in [2.75, 3.05) is 26.7 Å². The van der Waals surface area contributed by atoms with Crippen molar-refractivity contribution in [1.29, 1.82) is 0 Å². The van der Waals surface area contributed by atoms with Crippen molar-refractivity contribution in [2.45, 2.75) is 36.0 Å². The van der Waals surface area contributed by atoms with Crippen LogP contribution in [0.2, 0.25) is 0 Å². The Morgan fingerprint density at radius 1 is 1.00 bits per heavy atom. The maximum absolute atomic E-state index is 12.8. The molecule has 180 valence electrons. The maximum Gasteiger partial charge on any atom is 0.287 e. The monoisotopic (exact) mass is 482 g/mol. The van der Waals surface area contributed by atoms with Gasteiger partial charge in [0.25, 0.3) is 5.91 Å². The number of hydrogen-bond donors (Lipinski definition) is 1. The predicted octanol–water partition coefficient (Wildman–Crippen LogP) is 4.22. The second kappa shape index (κ2) is 10.9. The number of piperidine rings is 1. The molecule has 0 saturated carbocycles. The Bertz CT molecular complexity index is 1180. The highest BCUT2D eigenvalue weighted by Crippen LogP contribution is 2.26. The van der Waals surface area contributed by atoms with Gasteiger partial charge >= 0.3 is 0 Å². The smallest absolute Gasteiger partial charge is 0.287 e. The number of sulfone groups is 1. The van der Waals surface area contributed by atoms with Crippen LogP contribution in [0.1, 0.15) is 47.2 Å². The van der Waals surface area contributed by atoms with Crippen molar-refractivity contribution in [1.82, 2.24) is 10.2 Å². The van der Waals surface area contributed by atoms with Gasteiger partial charge < -0.3 is 14.5 Å². The summed E-state index contributed by atoms with van der Waals surface area (Å²) in [6.45, 7) is 2.38. The van der Waals surface area contributed by atoms with Gasteiger partial charge in [-0.25, -0.2) is 8.42 Å². The number of carbonyl (C=O) groups is 1. The van der Waals surface area contributed by atoms with Crippen molar-refractivity contribution >= 4 is 15.7 Å². The van der Waals surface area contributed by atoms with E-state index < -0.39 is 9.84 Å². The van der Waals surface area contributed by atoms with Crippen molar-refractivity contribution < 1.29 is 22.4 Å². The summed E-state index contributed by atoms with van der Waals surface area (Å²) >= 11 is 0. The van der Waals surface area contributed by atoms with Crippen LogP contribution >= 0.6 is 0 Å². The Kier molecular flexibility index (Phi) is 7.70. The van der Waals surface area contributed by atoms with E-state index in [4.69, 9.17) is 9.15 Å². The molecule has 34 heavy (non-hydrogen) atoms. The summed E-state index contributed by atoms with van der Waals surface area (Å²) in [5.74, 6) is 0.465. The van der Waals surface area contributed by atoms with Crippen LogP contribution in [-0.4, -0.2) is 46.0 Å². The molecule has 0 radical (unpaired) electrons. The lowest BCUT2D eigenvalue weighted by Gasteiger charge is -2.35. The first-order valence-corrected chi connectivity index (χ1v) is 13.1. The van der Waals surface area contributed by atoms with E-state index >= 15 is 0 Å². The molecule has 1 amide bonds. The normalized spacial score (nSPS) is 15.6. The van der Waals surface area contributed by atoms with Crippen LogP contribution in [0.15, 0.2) is 76.0 Å². The molecule has 1 N–H and O–H groups in total. The molecule has 1 aromatic heterocycles. The number of likely N-dealkylation sites (tertiary alicyclic amines) is 1. The fraction of sp³-hybridized carbons (Fsp3) is 0.346. The first-order valence-electron chi connectivity index (χ1n) is 11.5. The Balaban J connectivity index is 1.43. The van der Waals surface area contributed by atoms with E-state index in [1.54, 1.807) is 43.5 Å². The number of methoxy groups -OCH3 is 1. The topological polar surface area (TPSA) is 88.8 Å². The van der Waals surface area contributed by atoms with Crippen molar-refractivity contribution in [3.05, 3.63) is 83.8 Å². The SMILES string of the molecule is COc1ccc(C(CNC(=O)c2ccc(CS(=O)(=O)c3ccccc3)o2)N2CCCCC2)cc1. The molecule has 1 aliphatic rings. The van der Waals surface area contributed by atoms with Crippen LogP contribution in [0.25, 0.3) is 0 Å². The van der Waals surface area contributed by atoms with Crippen LogP contribution in [0.4, 0.5) is 0 Å². The van der Waals surface area contributed by atoms with Gasteiger partial charge in [-0.3, -0.25) is 9.69 Å². The van der Waals surface area contributed by atoms with Crippen molar-refractivity contribution in [3.63, 3.8) is 0 Å². The van der Waals surface area contributed by atoms with Crippen molar-refractivity contribution in [2.24, 2.45) is 0 Å². The fourth-order valence-corrected chi connectivity index (χ4v) is 5.53. The summed E-state index contributed by atoms with van der Waals surface area (Å²) < 4.78 is 36.1. The van der Waals surface area contributed by atoms with Gasteiger partial charge in [0.15, 0.2) is 15.6 Å². The Morgan fingerprint density at radius 2 is 1.71 bits per heavy atom. The average Bonchev–Trinajstić information content (AvgIpc) is 3.33. The molecular weight excluding hydrogens is 452 g/mol. The number of nitrogens with zero attached hydrogens (tertiary/aromatic N) is 1. The fourth-order valence-electron chi connectivity index (χ4n) is 4.27. The number of carbonyl (C=O) groups excluding carboxylic acids is 1. The highest BCUT2D eigenvalue weighted by molar-refractivity contribution is 7.90. The molecule has 0 bridgehead atoms. The molecule has 3 aromatic rings. The van der Waals surface area contributed by atoms with Crippen LogP contribution in [0.5, 0.6) is 5.75 Å². The molecule has 1 saturated heterocycles. The van der Waals surface area contributed by atoms with E-state index in [0.29, 0.717) is 6.54 Å². The maximum atomic E-state index is 12.8. The van der Waals surface area contributed by atoms with Crippen LogP contribution in [-0.2, 0) is 15.6 Å². The molecule has 2 heterocycles. The molecular formula is C26H30N2O5S.